The molecular formula is C27H29BrClN3O4S. The Kier molecular flexibility index (Phi) is 9.39. The van der Waals surface area contributed by atoms with E-state index in [9.17, 15) is 18.0 Å². The van der Waals surface area contributed by atoms with Gasteiger partial charge in [0, 0.05) is 23.1 Å². The zero-order valence-electron chi connectivity index (χ0n) is 21.0. The smallest absolute Gasteiger partial charge is 0.264 e. The summed E-state index contributed by atoms with van der Waals surface area (Å²) in [7, 11) is -2.66. The van der Waals surface area contributed by atoms with Crippen molar-refractivity contribution in [2.45, 2.75) is 38.3 Å². The van der Waals surface area contributed by atoms with Crippen LogP contribution in [0, 0.1) is 13.8 Å². The van der Waals surface area contributed by atoms with Crippen LogP contribution in [0.3, 0.4) is 0 Å². The maximum Gasteiger partial charge on any atom is 0.264 e. The van der Waals surface area contributed by atoms with Crippen molar-refractivity contribution < 1.29 is 18.0 Å². The SMILES string of the molecule is CNC(=O)C(C)N(Cc1cccc(Br)c1)C(=O)CN(c1cccc(Cl)c1C)S(=O)(=O)c1ccc(C)cc1. The summed E-state index contributed by atoms with van der Waals surface area (Å²) in [4.78, 5) is 27.8. The zero-order chi connectivity index (χ0) is 27.3. The molecule has 0 aliphatic rings. The van der Waals surface area contributed by atoms with E-state index in [1.54, 1.807) is 44.2 Å². The standard InChI is InChI=1S/C27H29BrClN3O4S/c1-18-11-13-23(14-12-18)37(35,36)32(25-10-6-9-24(29)19(25)2)17-26(33)31(20(3)27(34)30-4)16-21-7-5-8-22(28)15-21/h5-15,20H,16-17H2,1-4H3,(H,30,34). The largest absolute Gasteiger partial charge is 0.357 e. The van der Waals surface area contributed by atoms with Gasteiger partial charge in [-0.3, -0.25) is 13.9 Å². The summed E-state index contributed by atoms with van der Waals surface area (Å²) in [5, 5.41) is 2.94. The van der Waals surface area contributed by atoms with Gasteiger partial charge in [0.1, 0.15) is 12.6 Å². The number of halogens is 2. The average Bonchev–Trinajstić information content (AvgIpc) is 2.87. The second-order valence-corrected chi connectivity index (χ2v) is 11.8. The molecular weight excluding hydrogens is 578 g/mol. The Balaban J connectivity index is 2.08. The molecule has 0 aliphatic heterocycles. The summed E-state index contributed by atoms with van der Waals surface area (Å²) >= 11 is 9.76. The van der Waals surface area contributed by atoms with Crippen molar-refractivity contribution in [2.75, 3.05) is 17.9 Å². The first-order valence-electron chi connectivity index (χ1n) is 11.6. The number of hydrogen-bond acceptors (Lipinski definition) is 4. The van der Waals surface area contributed by atoms with Crippen molar-refractivity contribution >= 4 is 55.1 Å². The minimum absolute atomic E-state index is 0.0446. The van der Waals surface area contributed by atoms with Gasteiger partial charge in [0.15, 0.2) is 0 Å². The van der Waals surface area contributed by atoms with E-state index >= 15 is 0 Å². The van der Waals surface area contributed by atoms with Gasteiger partial charge in [0.05, 0.1) is 10.6 Å². The van der Waals surface area contributed by atoms with Gasteiger partial charge >= 0.3 is 0 Å². The highest BCUT2D eigenvalue weighted by Gasteiger charge is 2.33. The van der Waals surface area contributed by atoms with Crippen molar-refractivity contribution in [3.63, 3.8) is 0 Å². The van der Waals surface area contributed by atoms with E-state index in [0.29, 0.717) is 10.6 Å². The number of carbonyl (C=O) groups is 2. The molecule has 3 aromatic carbocycles. The fourth-order valence-corrected chi connectivity index (χ4v) is 5.93. The molecule has 0 spiro atoms. The maximum absolute atomic E-state index is 13.9. The minimum Gasteiger partial charge on any atom is -0.357 e. The molecule has 0 saturated carbocycles. The first-order chi connectivity index (χ1) is 17.4. The highest BCUT2D eigenvalue weighted by molar-refractivity contribution is 9.10. The number of aryl methyl sites for hydroxylation is 1. The fraction of sp³-hybridized carbons (Fsp3) is 0.259. The van der Waals surface area contributed by atoms with E-state index in [1.165, 1.54) is 24.1 Å². The Hall–Kier alpha value is -2.88. The van der Waals surface area contributed by atoms with Crippen LogP contribution in [-0.4, -0.2) is 44.8 Å². The van der Waals surface area contributed by atoms with Gasteiger partial charge in [-0.25, -0.2) is 8.42 Å². The Morgan fingerprint density at radius 3 is 2.30 bits per heavy atom. The molecule has 0 fully saturated rings. The third-order valence-electron chi connectivity index (χ3n) is 6.05. The first kappa shape index (κ1) is 28.7. The van der Waals surface area contributed by atoms with Crippen LogP contribution >= 0.6 is 27.5 Å². The lowest BCUT2D eigenvalue weighted by Gasteiger charge is -2.32. The van der Waals surface area contributed by atoms with Crippen molar-refractivity contribution in [3.05, 3.63) is 92.9 Å². The van der Waals surface area contributed by atoms with Gasteiger partial charge in [-0.2, -0.15) is 0 Å². The zero-order valence-corrected chi connectivity index (χ0v) is 24.2. The van der Waals surface area contributed by atoms with Crippen molar-refractivity contribution in [1.29, 1.82) is 0 Å². The predicted molar refractivity (Wildman–Crippen MR) is 150 cm³/mol. The second kappa shape index (κ2) is 12.1. The molecule has 0 aliphatic carbocycles. The number of nitrogens with zero attached hydrogens (tertiary/aromatic N) is 2. The van der Waals surface area contributed by atoms with Crippen molar-refractivity contribution in [2.24, 2.45) is 0 Å². The van der Waals surface area contributed by atoms with Crippen LogP contribution in [0.1, 0.15) is 23.6 Å². The third kappa shape index (κ3) is 6.71. The van der Waals surface area contributed by atoms with Crippen LogP contribution < -0.4 is 9.62 Å². The van der Waals surface area contributed by atoms with Crippen LogP contribution in [0.25, 0.3) is 0 Å². The van der Waals surface area contributed by atoms with Gasteiger partial charge in [-0.15, -0.1) is 0 Å². The molecule has 37 heavy (non-hydrogen) atoms. The van der Waals surface area contributed by atoms with Crippen LogP contribution in [0.15, 0.2) is 76.1 Å². The van der Waals surface area contributed by atoms with E-state index < -0.39 is 28.5 Å². The molecule has 1 atom stereocenters. The molecule has 7 nitrogen and oxygen atoms in total. The quantitative estimate of drug-likeness (QED) is 0.368. The molecule has 1 unspecified atom stereocenters. The Labute approximate surface area is 231 Å². The van der Waals surface area contributed by atoms with Crippen LogP contribution in [0.2, 0.25) is 5.02 Å². The summed E-state index contributed by atoms with van der Waals surface area (Å²) < 4.78 is 29.6. The number of benzene rings is 3. The lowest BCUT2D eigenvalue weighted by atomic mass is 10.1. The van der Waals surface area contributed by atoms with E-state index in [1.807, 2.05) is 31.2 Å². The number of sulfonamides is 1. The number of anilines is 1. The molecule has 0 aromatic heterocycles. The summed E-state index contributed by atoms with van der Waals surface area (Å²) in [5.74, 6) is -0.902. The fourth-order valence-electron chi connectivity index (χ4n) is 3.84. The average molecular weight is 607 g/mol. The van der Waals surface area contributed by atoms with Crippen LogP contribution in [0.4, 0.5) is 5.69 Å². The summed E-state index contributed by atoms with van der Waals surface area (Å²) in [6.45, 7) is 4.76. The number of carbonyl (C=O) groups excluding carboxylic acids is 2. The Morgan fingerprint density at radius 2 is 1.68 bits per heavy atom. The number of rotatable bonds is 9. The lowest BCUT2D eigenvalue weighted by molar-refractivity contribution is -0.139. The topological polar surface area (TPSA) is 86.8 Å². The molecule has 0 saturated heterocycles. The van der Waals surface area contributed by atoms with Gasteiger partial charge in [0.25, 0.3) is 10.0 Å². The highest BCUT2D eigenvalue weighted by atomic mass is 79.9. The molecule has 3 rings (SSSR count). The number of likely N-dealkylation sites (N-methyl/N-ethyl adjacent to an activating group) is 1. The van der Waals surface area contributed by atoms with Gasteiger partial charge in [0.2, 0.25) is 11.8 Å². The summed E-state index contributed by atoms with van der Waals surface area (Å²) in [6.07, 6.45) is 0. The molecule has 0 bridgehead atoms. The lowest BCUT2D eigenvalue weighted by Crippen LogP contribution is -2.50. The highest BCUT2D eigenvalue weighted by Crippen LogP contribution is 2.31. The summed E-state index contributed by atoms with van der Waals surface area (Å²) in [6, 6.07) is 17.8. The molecule has 196 valence electrons. The maximum atomic E-state index is 13.9. The van der Waals surface area contributed by atoms with Gasteiger partial charge < -0.3 is 10.2 Å². The van der Waals surface area contributed by atoms with Gasteiger partial charge in [-0.1, -0.05) is 63.4 Å². The van der Waals surface area contributed by atoms with Crippen molar-refractivity contribution in [1.82, 2.24) is 10.2 Å². The van der Waals surface area contributed by atoms with Crippen molar-refractivity contribution in [3.8, 4) is 0 Å². The predicted octanol–water partition coefficient (Wildman–Crippen LogP) is 5.08. The number of amides is 2. The normalized spacial score (nSPS) is 12.1. The Bertz CT molecular complexity index is 1400. The monoisotopic (exact) mass is 605 g/mol. The molecule has 3 aromatic rings. The second-order valence-electron chi connectivity index (χ2n) is 8.65. The van der Waals surface area contributed by atoms with Gasteiger partial charge in [-0.05, 0) is 68.3 Å². The third-order valence-corrected chi connectivity index (χ3v) is 8.73. The van der Waals surface area contributed by atoms with E-state index in [-0.39, 0.29) is 23.0 Å². The number of hydrogen-bond donors (Lipinski definition) is 1. The van der Waals surface area contributed by atoms with E-state index in [2.05, 4.69) is 21.2 Å². The van der Waals surface area contributed by atoms with E-state index in [0.717, 1.165) is 19.9 Å². The minimum atomic E-state index is -4.15. The van der Waals surface area contributed by atoms with Crippen LogP contribution in [-0.2, 0) is 26.2 Å². The molecule has 1 N–H and O–H groups in total. The number of nitrogens with one attached hydrogen (secondary N) is 1. The van der Waals surface area contributed by atoms with E-state index in [4.69, 9.17) is 11.6 Å². The molecule has 0 radical (unpaired) electrons. The first-order valence-corrected chi connectivity index (χ1v) is 14.2. The van der Waals surface area contributed by atoms with Crippen LogP contribution in [0.5, 0.6) is 0 Å². The Morgan fingerprint density at radius 1 is 1.03 bits per heavy atom. The molecule has 0 heterocycles. The summed E-state index contributed by atoms with van der Waals surface area (Å²) in [5.41, 5.74) is 2.49. The molecule has 10 heteroatoms. The molecule has 2 amide bonds.